The van der Waals surface area contributed by atoms with Gasteiger partial charge in [0, 0.05) is 15.8 Å². The molecule has 0 spiro atoms. The fraction of sp³-hybridized carbons (Fsp3) is 0.400. The average Bonchev–Trinajstić information content (AvgIpc) is 3.33. The van der Waals surface area contributed by atoms with Crippen LogP contribution in [0.2, 0.25) is 0 Å². The second kappa shape index (κ2) is 11.4. The SMILES string of the molecule is CCC(C)(C)[C@@H]1CCc2c(sc(NC(=O)c3cc(-c4ccc(C(C)C)cc4)nc4ccc(C)cc34)c2C(=O)OC)C1. The first kappa shape index (κ1) is 29.0. The van der Waals surface area contributed by atoms with Crippen molar-refractivity contribution in [1.82, 2.24) is 4.98 Å². The van der Waals surface area contributed by atoms with Gasteiger partial charge in [0.25, 0.3) is 5.91 Å². The largest absolute Gasteiger partial charge is 0.465 e. The standard InChI is InChI=1S/C35H40N2O3S/c1-8-35(5,6)24-14-15-25-30(18-24)41-33(31(25)34(39)40-7)37-32(38)27-19-29(23-12-10-22(11-13-23)20(2)3)36-28-16-9-21(4)17-26(27)28/h9-13,16-17,19-20,24H,8,14-15,18H2,1-7H3,(H,37,38)/t24-/m1/s1. The van der Waals surface area contributed by atoms with Gasteiger partial charge in [-0.1, -0.05) is 76.9 Å². The van der Waals surface area contributed by atoms with Gasteiger partial charge in [0.2, 0.25) is 0 Å². The first-order chi connectivity index (χ1) is 19.5. The van der Waals surface area contributed by atoms with Crippen molar-refractivity contribution in [3.63, 3.8) is 0 Å². The third-order valence-electron chi connectivity index (χ3n) is 8.98. The lowest BCUT2D eigenvalue weighted by Gasteiger charge is -2.36. The predicted molar refractivity (Wildman–Crippen MR) is 169 cm³/mol. The smallest absolute Gasteiger partial charge is 0.341 e. The third kappa shape index (κ3) is 5.67. The zero-order valence-electron chi connectivity index (χ0n) is 25.2. The molecule has 1 N–H and O–H groups in total. The van der Waals surface area contributed by atoms with Crippen LogP contribution in [0.25, 0.3) is 22.2 Å². The Balaban J connectivity index is 1.56. The van der Waals surface area contributed by atoms with E-state index in [0.29, 0.717) is 28.0 Å². The molecule has 6 heteroatoms. The van der Waals surface area contributed by atoms with Gasteiger partial charge in [-0.2, -0.15) is 0 Å². The van der Waals surface area contributed by atoms with E-state index < -0.39 is 5.97 Å². The summed E-state index contributed by atoms with van der Waals surface area (Å²) in [7, 11) is 1.40. The number of carbonyl (C=O) groups is 2. The average molecular weight is 569 g/mol. The Labute approximate surface area is 247 Å². The molecule has 2 heterocycles. The summed E-state index contributed by atoms with van der Waals surface area (Å²) in [5.74, 6) is 0.316. The van der Waals surface area contributed by atoms with E-state index in [-0.39, 0.29) is 11.3 Å². The summed E-state index contributed by atoms with van der Waals surface area (Å²) in [4.78, 5) is 33.1. The van der Waals surface area contributed by atoms with Crippen molar-refractivity contribution < 1.29 is 14.3 Å². The lowest BCUT2D eigenvalue weighted by molar-refractivity contribution is 0.0600. The first-order valence-corrected chi connectivity index (χ1v) is 15.4. The van der Waals surface area contributed by atoms with Gasteiger partial charge in [-0.25, -0.2) is 9.78 Å². The molecule has 0 bridgehead atoms. The quantitative estimate of drug-likeness (QED) is 0.226. The van der Waals surface area contributed by atoms with Crippen LogP contribution in [0, 0.1) is 18.3 Å². The van der Waals surface area contributed by atoms with Crippen molar-refractivity contribution >= 4 is 39.1 Å². The minimum Gasteiger partial charge on any atom is -0.465 e. The van der Waals surface area contributed by atoms with Gasteiger partial charge in [0.1, 0.15) is 5.00 Å². The number of fused-ring (bicyclic) bond motifs is 2. The minimum atomic E-state index is -0.396. The molecule has 0 unspecified atom stereocenters. The Bertz CT molecular complexity index is 1610. The summed E-state index contributed by atoms with van der Waals surface area (Å²) in [6.07, 6.45) is 3.85. The van der Waals surface area contributed by atoms with Crippen LogP contribution in [0.3, 0.4) is 0 Å². The fourth-order valence-corrected chi connectivity index (χ4v) is 7.14. The highest BCUT2D eigenvalue weighted by atomic mass is 32.1. The molecule has 41 heavy (non-hydrogen) atoms. The number of hydrogen-bond acceptors (Lipinski definition) is 5. The number of carbonyl (C=O) groups excluding carboxylic acids is 2. The molecule has 0 radical (unpaired) electrons. The van der Waals surface area contributed by atoms with Crippen molar-refractivity contribution in [1.29, 1.82) is 0 Å². The number of rotatable bonds is 7. The lowest BCUT2D eigenvalue weighted by Crippen LogP contribution is -2.28. The van der Waals surface area contributed by atoms with Gasteiger partial charge in [-0.3, -0.25) is 4.79 Å². The molecule has 1 atom stereocenters. The predicted octanol–water partition coefficient (Wildman–Crippen LogP) is 8.98. The van der Waals surface area contributed by atoms with Crippen LogP contribution < -0.4 is 5.32 Å². The van der Waals surface area contributed by atoms with Crippen molar-refractivity contribution in [3.05, 3.63) is 81.2 Å². The van der Waals surface area contributed by atoms with Gasteiger partial charge in [-0.05, 0) is 72.8 Å². The van der Waals surface area contributed by atoms with Gasteiger partial charge in [0.15, 0.2) is 0 Å². The second-order valence-electron chi connectivity index (χ2n) is 12.3. The van der Waals surface area contributed by atoms with Gasteiger partial charge in [0.05, 0.1) is 29.4 Å². The molecule has 5 nitrogen and oxygen atoms in total. The molecule has 0 saturated heterocycles. The van der Waals surface area contributed by atoms with E-state index in [1.165, 1.54) is 28.9 Å². The number of nitrogens with one attached hydrogen (secondary N) is 1. The number of benzene rings is 2. The molecule has 214 valence electrons. The Hall–Kier alpha value is -3.51. The molecule has 0 saturated carbocycles. The number of hydrogen-bond donors (Lipinski definition) is 1. The number of methoxy groups -OCH3 is 1. The normalized spacial score (nSPS) is 15.2. The topological polar surface area (TPSA) is 68.3 Å². The van der Waals surface area contributed by atoms with Crippen LogP contribution in [0.15, 0.2) is 48.5 Å². The molecule has 1 amide bonds. The van der Waals surface area contributed by atoms with E-state index >= 15 is 0 Å². The highest BCUT2D eigenvalue weighted by Crippen LogP contribution is 2.46. The van der Waals surface area contributed by atoms with Crippen LogP contribution in [0.1, 0.15) is 95.7 Å². The molecule has 4 aromatic rings. The number of aromatic nitrogens is 1. The number of thiophene rings is 1. The van der Waals surface area contributed by atoms with E-state index in [2.05, 4.69) is 64.2 Å². The Morgan fingerprint density at radius 3 is 2.51 bits per heavy atom. The molecule has 0 fully saturated rings. The molecule has 1 aliphatic rings. The van der Waals surface area contributed by atoms with E-state index in [1.54, 1.807) is 0 Å². The van der Waals surface area contributed by atoms with Crippen LogP contribution in [0.5, 0.6) is 0 Å². The maximum atomic E-state index is 14.0. The van der Waals surface area contributed by atoms with Crippen molar-refractivity contribution in [2.75, 3.05) is 12.4 Å². The van der Waals surface area contributed by atoms with E-state index in [4.69, 9.17) is 9.72 Å². The van der Waals surface area contributed by atoms with Crippen LogP contribution in [0.4, 0.5) is 5.00 Å². The Morgan fingerprint density at radius 1 is 1.12 bits per heavy atom. The van der Waals surface area contributed by atoms with Gasteiger partial charge >= 0.3 is 5.97 Å². The third-order valence-corrected chi connectivity index (χ3v) is 10.1. The number of aryl methyl sites for hydroxylation is 1. The van der Waals surface area contributed by atoms with E-state index in [0.717, 1.165) is 59.0 Å². The number of pyridine rings is 1. The molecular formula is C35H40N2O3S. The monoisotopic (exact) mass is 568 g/mol. The molecule has 0 aliphatic heterocycles. The summed E-state index contributed by atoms with van der Waals surface area (Å²) >= 11 is 1.52. The zero-order chi connectivity index (χ0) is 29.5. The number of anilines is 1. The Kier molecular flexibility index (Phi) is 8.06. The summed E-state index contributed by atoms with van der Waals surface area (Å²) < 4.78 is 5.20. The Morgan fingerprint density at radius 2 is 1.85 bits per heavy atom. The number of amides is 1. The first-order valence-electron chi connectivity index (χ1n) is 14.6. The molecule has 2 aromatic heterocycles. The van der Waals surface area contributed by atoms with Crippen molar-refractivity contribution in [3.8, 4) is 11.3 Å². The molecule has 1 aliphatic carbocycles. The zero-order valence-corrected chi connectivity index (χ0v) is 26.0. The summed E-state index contributed by atoms with van der Waals surface area (Å²) in [5, 5.41) is 4.49. The highest BCUT2D eigenvalue weighted by Gasteiger charge is 2.36. The molecule has 2 aromatic carbocycles. The maximum Gasteiger partial charge on any atom is 0.341 e. The summed E-state index contributed by atoms with van der Waals surface area (Å²) in [5.41, 5.74) is 7.05. The van der Waals surface area contributed by atoms with E-state index in [1.807, 2.05) is 31.2 Å². The van der Waals surface area contributed by atoms with Crippen LogP contribution in [-0.4, -0.2) is 24.0 Å². The summed E-state index contributed by atoms with van der Waals surface area (Å²) in [6, 6.07) is 16.2. The van der Waals surface area contributed by atoms with Gasteiger partial charge in [-0.15, -0.1) is 11.3 Å². The fourth-order valence-electron chi connectivity index (χ4n) is 5.83. The lowest BCUT2D eigenvalue weighted by atomic mass is 9.69. The number of ether oxygens (including phenoxy) is 1. The van der Waals surface area contributed by atoms with Crippen LogP contribution in [-0.2, 0) is 17.6 Å². The molecular weight excluding hydrogens is 528 g/mol. The van der Waals surface area contributed by atoms with Crippen molar-refractivity contribution in [2.45, 2.75) is 73.1 Å². The number of nitrogens with zero attached hydrogens (tertiary/aromatic N) is 1. The minimum absolute atomic E-state index is 0.216. The van der Waals surface area contributed by atoms with E-state index in [9.17, 15) is 9.59 Å². The highest BCUT2D eigenvalue weighted by molar-refractivity contribution is 7.17. The molecule has 5 rings (SSSR count). The second-order valence-corrected chi connectivity index (χ2v) is 13.4. The number of esters is 1. The van der Waals surface area contributed by atoms with Crippen molar-refractivity contribution in [2.24, 2.45) is 11.3 Å². The van der Waals surface area contributed by atoms with Gasteiger partial charge < -0.3 is 10.1 Å². The maximum absolute atomic E-state index is 14.0. The summed E-state index contributed by atoms with van der Waals surface area (Å²) in [6.45, 7) is 13.2. The van der Waals surface area contributed by atoms with Crippen LogP contribution >= 0.6 is 11.3 Å².